The number of aromatic nitrogens is 1. The van der Waals surface area contributed by atoms with Crippen molar-refractivity contribution >= 4 is 0 Å². The number of hydrogen-bond donors (Lipinski definition) is 0. The van der Waals surface area contributed by atoms with Crippen LogP contribution in [0.15, 0.2) is 12.1 Å². The Hall–Kier alpha value is -1.37. The largest absolute Gasteiger partial charge is 0.379 e. The summed E-state index contributed by atoms with van der Waals surface area (Å²) in [5, 5.41) is 0. The van der Waals surface area contributed by atoms with Crippen LogP contribution in [0.5, 0.6) is 0 Å². The van der Waals surface area contributed by atoms with Gasteiger partial charge in [-0.05, 0) is 23.6 Å². The van der Waals surface area contributed by atoms with Crippen molar-refractivity contribution in [2.75, 3.05) is 26.3 Å². The lowest BCUT2D eigenvalue weighted by molar-refractivity contribution is 0.0336. The average molecular weight is 244 g/mol. The van der Waals surface area contributed by atoms with Gasteiger partial charge in [0.05, 0.1) is 18.9 Å². The maximum atomic E-state index is 5.47. The van der Waals surface area contributed by atoms with Gasteiger partial charge >= 0.3 is 0 Å². The quantitative estimate of drug-likeness (QED) is 0.761. The predicted molar refractivity (Wildman–Crippen MR) is 72.4 cm³/mol. The molecule has 0 atom stereocenters. The fourth-order valence-electron chi connectivity index (χ4n) is 2.09. The van der Waals surface area contributed by atoms with Crippen molar-refractivity contribution in [3.8, 4) is 12.3 Å². The van der Waals surface area contributed by atoms with Crippen LogP contribution in [-0.2, 0) is 11.3 Å². The van der Waals surface area contributed by atoms with Crippen LogP contribution in [0.3, 0.4) is 0 Å². The van der Waals surface area contributed by atoms with Crippen LogP contribution in [0.2, 0.25) is 0 Å². The first-order chi connectivity index (χ1) is 8.69. The second-order valence-corrected chi connectivity index (χ2v) is 4.96. The Morgan fingerprint density at radius 1 is 1.39 bits per heavy atom. The first-order valence-corrected chi connectivity index (χ1v) is 6.46. The van der Waals surface area contributed by atoms with Gasteiger partial charge in [-0.1, -0.05) is 19.8 Å². The SMILES string of the molecule is C#Cc1cc(C(C)C)cc(CN2CCOCC2)n1. The van der Waals surface area contributed by atoms with Gasteiger partial charge in [0.15, 0.2) is 0 Å². The van der Waals surface area contributed by atoms with E-state index in [1.807, 2.05) is 6.07 Å². The van der Waals surface area contributed by atoms with Crippen molar-refractivity contribution in [3.05, 3.63) is 29.1 Å². The molecule has 1 aliphatic rings. The molecule has 3 nitrogen and oxygen atoms in total. The first-order valence-electron chi connectivity index (χ1n) is 6.46. The Morgan fingerprint density at radius 2 is 2.11 bits per heavy atom. The zero-order valence-corrected chi connectivity index (χ0v) is 11.1. The molecule has 3 heteroatoms. The number of hydrogen-bond acceptors (Lipinski definition) is 3. The van der Waals surface area contributed by atoms with Crippen molar-refractivity contribution < 1.29 is 4.74 Å². The normalized spacial score (nSPS) is 16.8. The minimum absolute atomic E-state index is 0.475. The van der Waals surface area contributed by atoms with Crippen LogP contribution in [0.4, 0.5) is 0 Å². The molecule has 1 aromatic heterocycles. The summed E-state index contributed by atoms with van der Waals surface area (Å²) < 4.78 is 5.35. The Balaban J connectivity index is 2.16. The van der Waals surface area contributed by atoms with E-state index in [-0.39, 0.29) is 0 Å². The van der Waals surface area contributed by atoms with Gasteiger partial charge in [-0.25, -0.2) is 4.98 Å². The smallest absolute Gasteiger partial charge is 0.113 e. The minimum Gasteiger partial charge on any atom is -0.379 e. The molecule has 0 bridgehead atoms. The zero-order valence-electron chi connectivity index (χ0n) is 11.1. The molecule has 0 radical (unpaired) electrons. The van der Waals surface area contributed by atoms with Crippen LogP contribution in [0.1, 0.15) is 36.7 Å². The van der Waals surface area contributed by atoms with E-state index in [1.54, 1.807) is 0 Å². The van der Waals surface area contributed by atoms with Crippen LogP contribution in [0.25, 0.3) is 0 Å². The first kappa shape index (κ1) is 13.1. The molecular weight excluding hydrogens is 224 g/mol. The number of rotatable bonds is 3. The average Bonchev–Trinajstić information content (AvgIpc) is 2.39. The molecule has 2 heterocycles. The molecule has 1 aromatic rings. The van der Waals surface area contributed by atoms with Gasteiger partial charge < -0.3 is 4.74 Å². The molecule has 96 valence electrons. The lowest BCUT2D eigenvalue weighted by Gasteiger charge is -2.26. The van der Waals surface area contributed by atoms with E-state index < -0.39 is 0 Å². The van der Waals surface area contributed by atoms with E-state index >= 15 is 0 Å². The summed E-state index contributed by atoms with van der Waals surface area (Å²) in [5.41, 5.74) is 3.07. The summed E-state index contributed by atoms with van der Waals surface area (Å²) in [6.07, 6.45) is 5.47. The molecule has 0 N–H and O–H groups in total. The number of terminal acetylenes is 1. The molecule has 1 fully saturated rings. The summed E-state index contributed by atoms with van der Waals surface area (Å²) in [6, 6.07) is 4.18. The number of nitrogens with zero attached hydrogens (tertiary/aromatic N) is 2. The zero-order chi connectivity index (χ0) is 13.0. The molecule has 0 aliphatic carbocycles. The molecule has 0 saturated carbocycles. The summed E-state index contributed by atoms with van der Waals surface area (Å²) in [4.78, 5) is 6.87. The maximum Gasteiger partial charge on any atom is 0.113 e. The third-order valence-electron chi connectivity index (χ3n) is 3.20. The third kappa shape index (κ3) is 3.32. The van der Waals surface area contributed by atoms with Gasteiger partial charge in [-0.2, -0.15) is 0 Å². The Morgan fingerprint density at radius 3 is 2.72 bits per heavy atom. The van der Waals surface area contributed by atoms with Gasteiger partial charge in [0, 0.05) is 19.6 Å². The van der Waals surface area contributed by atoms with E-state index in [0.717, 1.165) is 44.2 Å². The molecule has 0 spiro atoms. The summed E-state index contributed by atoms with van der Waals surface area (Å²) >= 11 is 0. The number of pyridine rings is 1. The Labute approximate surface area is 109 Å². The lowest BCUT2D eigenvalue weighted by atomic mass is 10.0. The molecule has 0 amide bonds. The van der Waals surface area contributed by atoms with E-state index in [1.165, 1.54) is 5.56 Å². The molecule has 18 heavy (non-hydrogen) atoms. The highest BCUT2D eigenvalue weighted by Gasteiger charge is 2.12. The van der Waals surface area contributed by atoms with Crippen LogP contribution in [-0.4, -0.2) is 36.2 Å². The van der Waals surface area contributed by atoms with E-state index in [0.29, 0.717) is 5.92 Å². The van der Waals surface area contributed by atoms with E-state index in [4.69, 9.17) is 11.2 Å². The van der Waals surface area contributed by atoms with Crippen LogP contribution >= 0.6 is 0 Å². The number of ether oxygens (including phenoxy) is 1. The van der Waals surface area contributed by atoms with Gasteiger partial charge in [-0.15, -0.1) is 6.42 Å². The topological polar surface area (TPSA) is 25.4 Å². The Bertz CT molecular complexity index is 442. The van der Waals surface area contributed by atoms with Crippen LogP contribution in [0, 0.1) is 12.3 Å². The molecular formula is C15H20N2O. The maximum absolute atomic E-state index is 5.47. The summed E-state index contributed by atoms with van der Waals surface area (Å²) in [7, 11) is 0. The van der Waals surface area contributed by atoms with E-state index in [2.05, 4.69) is 35.7 Å². The van der Waals surface area contributed by atoms with Gasteiger partial charge in [0.1, 0.15) is 5.69 Å². The lowest BCUT2D eigenvalue weighted by Crippen LogP contribution is -2.35. The fourth-order valence-corrected chi connectivity index (χ4v) is 2.09. The second-order valence-electron chi connectivity index (χ2n) is 4.96. The van der Waals surface area contributed by atoms with E-state index in [9.17, 15) is 0 Å². The van der Waals surface area contributed by atoms with Crippen molar-refractivity contribution in [2.24, 2.45) is 0 Å². The van der Waals surface area contributed by atoms with Crippen molar-refractivity contribution in [1.29, 1.82) is 0 Å². The highest BCUT2D eigenvalue weighted by molar-refractivity contribution is 5.32. The fraction of sp³-hybridized carbons (Fsp3) is 0.533. The predicted octanol–water partition coefficient (Wildman–Crippen LogP) is 2.02. The van der Waals surface area contributed by atoms with Crippen molar-refractivity contribution in [1.82, 2.24) is 9.88 Å². The molecule has 2 rings (SSSR count). The highest BCUT2D eigenvalue weighted by atomic mass is 16.5. The summed E-state index contributed by atoms with van der Waals surface area (Å²) in [5.74, 6) is 3.12. The minimum atomic E-state index is 0.475. The molecule has 0 aromatic carbocycles. The molecule has 1 saturated heterocycles. The second kappa shape index (κ2) is 5.99. The van der Waals surface area contributed by atoms with Gasteiger partial charge in [0.25, 0.3) is 0 Å². The van der Waals surface area contributed by atoms with Gasteiger partial charge in [0.2, 0.25) is 0 Å². The molecule has 1 aliphatic heterocycles. The monoisotopic (exact) mass is 244 g/mol. The molecule has 0 unspecified atom stereocenters. The van der Waals surface area contributed by atoms with Crippen molar-refractivity contribution in [2.45, 2.75) is 26.3 Å². The Kier molecular flexibility index (Phi) is 4.35. The van der Waals surface area contributed by atoms with Crippen LogP contribution < -0.4 is 0 Å². The summed E-state index contributed by atoms with van der Waals surface area (Å²) in [6.45, 7) is 8.77. The third-order valence-corrected chi connectivity index (χ3v) is 3.20. The van der Waals surface area contributed by atoms with Gasteiger partial charge in [-0.3, -0.25) is 4.90 Å². The standard InChI is InChI=1S/C15H20N2O/c1-4-14-9-13(12(2)3)10-15(16-14)11-17-5-7-18-8-6-17/h1,9-10,12H,5-8,11H2,2-3H3. The number of morpholine rings is 1. The van der Waals surface area contributed by atoms with Crippen molar-refractivity contribution in [3.63, 3.8) is 0 Å². The highest BCUT2D eigenvalue weighted by Crippen LogP contribution is 2.17.